The van der Waals surface area contributed by atoms with E-state index in [4.69, 9.17) is 4.74 Å². The van der Waals surface area contributed by atoms with E-state index in [1.165, 1.54) is 0 Å². The number of anilines is 1. The fourth-order valence-electron chi connectivity index (χ4n) is 2.42. The Balaban J connectivity index is 2.34. The summed E-state index contributed by atoms with van der Waals surface area (Å²) in [6.07, 6.45) is 1.09. The highest BCUT2D eigenvalue weighted by atomic mass is 16.5. The van der Waals surface area contributed by atoms with Gasteiger partial charge in [0.25, 0.3) is 0 Å². The second kappa shape index (κ2) is 4.98. The maximum absolute atomic E-state index is 11.6. The zero-order chi connectivity index (χ0) is 13.2. The van der Waals surface area contributed by atoms with Crippen LogP contribution in [0.1, 0.15) is 18.4 Å². The van der Waals surface area contributed by atoms with E-state index in [0.717, 1.165) is 11.3 Å². The molecule has 4 heteroatoms. The van der Waals surface area contributed by atoms with Crippen molar-refractivity contribution in [3.05, 3.63) is 29.8 Å². The van der Waals surface area contributed by atoms with Crippen LogP contribution in [0.2, 0.25) is 0 Å². The number of aliphatic carboxylic acids is 1. The first-order valence-corrected chi connectivity index (χ1v) is 6.15. The van der Waals surface area contributed by atoms with E-state index in [2.05, 4.69) is 0 Å². The van der Waals surface area contributed by atoms with Crippen molar-refractivity contribution in [3.63, 3.8) is 0 Å². The highest BCUT2D eigenvalue weighted by molar-refractivity contribution is 5.81. The lowest BCUT2D eigenvalue weighted by Crippen LogP contribution is -2.41. The Morgan fingerprint density at radius 3 is 2.22 bits per heavy atom. The molecule has 1 fully saturated rings. The molecule has 0 unspecified atom stereocenters. The maximum Gasteiger partial charge on any atom is 0.314 e. The maximum atomic E-state index is 11.6. The molecule has 1 aliphatic rings. The van der Waals surface area contributed by atoms with Crippen LogP contribution in [0.15, 0.2) is 24.3 Å². The second-order valence-corrected chi connectivity index (χ2v) is 4.94. The Kier molecular flexibility index (Phi) is 3.57. The van der Waals surface area contributed by atoms with Crippen LogP contribution in [0, 0.1) is 0 Å². The monoisotopic (exact) mass is 249 g/mol. The summed E-state index contributed by atoms with van der Waals surface area (Å²) in [5, 5.41) is 9.55. The Hall–Kier alpha value is -1.55. The summed E-state index contributed by atoms with van der Waals surface area (Å²) in [5.74, 6) is -0.747. The Labute approximate surface area is 107 Å². The summed E-state index contributed by atoms with van der Waals surface area (Å²) >= 11 is 0. The molecule has 0 atom stereocenters. The molecule has 18 heavy (non-hydrogen) atoms. The second-order valence-electron chi connectivity index (χ2n) is 4.94. The molecule has 1 aromatic carbocycles. The molecule has 0 aliphatic carbocycles. The third-order valence-electron chi connectivity index (χ3n) is 3.69. The average molecular weight is 249 g/mol. The highest BCUT2D eigenvalue weighted by Crippen LogP contribution is 2.35. The van der Waals surface area contributed by atoms with Gasteiger partial charge in [-0.15, -0.1) is 0 Å². The minimum atomic E-state index is -0.775. The van der Waals surface area contributed by atoms with Crippen LogP contribution in [0.5, 0.6) is 0 Å². The predicted octanol–water partition coefficient (Wildman–Crippen LogP) is 1.89. The number of nitrogens with zero attached hydrogens (tertiary/aromatic N) is 1. The van der Waals surface area contributed by atoms with E-state index in [1.54, 1.807) is 0 Å². The summed E-state index contributed by atoms with van der Waals surface area (Å²) < 4.78 is 5.29. The van der Waals surface area contributed by atoms with E-state index in [9.17, 15) is 9.90 Å². The number of carboxylic acid groups (broad SMARTS) is 1. The van der Waals surface area contributed by atoms with E-state index >= 15 is 0 Å². The summed E-state index contributed by atoms with van der Waals surface area (Å²) in [6.45, 7) is 1.03. The Morgan fingerprint density at radius 1 is 1.22 bits per heavy atom. The van der Waals surface area contributed by atoms with Crippen molar-refractivity contribution in [2.75, 3.05) is 32.2 Å². The largest absolute Gasteiger partial charge is 0.481 e. The van der Waals surface area contributed by atoms with Crippen LogP contribution in [0.4, 0.5) is 5.69 Å². The van der Waals surface area contributed by atoms with Gasteiger partial charge in [-0.1, -0.05) is 12.1 Å². The number of benzene rings is 1. The number of carbonyl (C=O) groups is 1. The highest BCUT2D eigenvalue weighted by Gasteiger charge is 2.41. The third kappa shape index (κ3) is 2.20. The predicted molar refractivity (Wildman–Crippen MR) is 70.1 cm³/mol. The van der Waals surface area contributed by atoms with Gasteiger partial charge >= 0.3 is 5.97 Å². The van der Waals surface area contributed by atoms with Crippen LogP contribution < -0.4 is 4.90 Å². The molecule has 0 saturated carbocycles. The van der Waals surface area contributed by atoms with E-state index in [1.807, 2.05) is 43.3 Å². The van der Waals surface area contributed by atoms with Crippen LogP contribution in [0.25, 0.3) is 0 Å². The van der Waals surface area contributed by atoms with Gasteiger partial charge in [-0.05, 0) is 30.5 Å². The third-order valence-corrected chi connectivity index (χ3v) is 3.69. The molecular weight excluding hydrogens is 230 g/mol. The van der Waals surface area contributed by atoms with E-state index < -0.39 is 11.4 Å². The molecule has 0 aromatic heterocycles. The average Bonchev–Trinajstić information content (AvgIpc) is 2.39. The summed E-state index contributed by atoms with van der Waals surface area (Å²) in [5.41, 5.74) is 1.18. The van der Waals surface area contributed by atoms with Crippen molar-refractivity contribution < 1.29 is 14.6 Å². The van der Waals surface area contributed by atoms with E-state index in [0.29, 0.717) is 26.1 Å². The fraction of sp³-hybridized carbons (Fsp3) is 0.500. The van der Waals surface area contributed by atoms with Gasteiger partial charge in [-0.25, -0.2) is 0 Å². The number of hydrogen-bond donors (Lipinski definition) is 1. The number of ether oxygens (including phenoxy) is 1. The zero-order valence-corrected chi connectivity index (χ0v) is 10.8. The molecule has 0 amide bonds. The first-order chi connectivity index (χ1) is 8.56. The van der Waals surface area contributed by atoms with Gasteiger partial charge < -0.3 is 14.7 Å². The van der Waals surface area contributed by atoms with Crippen molar-refractivity contribution in [2.24, 2.45) is 0 Å². The lowest BCUT2D eigenvalue weighted by atomic mass is 9.74. The summed E-state index contributed by atoms with van der Waals surface area (Å²) in [4.78, 5) is 13.6. The summed E-state index contributed by atoms with van der Waals surface area (Å²) in [7, 11) is 3.94. The van der Waals surface area contributed by atoms with Crippen molar-refractivity contribution >= 4 is 11.7 Å². The van der Waals surface area contributed by atoms with Crippen LogP contribution in [0.3, 0.4) is 0 Å². The fourth-order valence-corrected chi connectivity index (χ4v) is 2.42. The molecule has 1 N–H and O–H groups in total. The van der Waals surface area contributed by atoms with E-state index in [-0.39, 0.29) is 0 Å². The van der Waals surface area contributed by atoms with Crippen LogP contribution in [-0.2, 0) is 14.9 Å². The molecule has 0 bridgehead atoms. The quantitative estimate of drug-likeness (QED) is 0.888. The zero-order valence-electron chi connectivity index (χ0n) is 10.8. The molecule has 1 heterocycles. The summed E-state index contributed by atoms with van der Waals surface area (Å²) in [6, 6.07) is 7.79. The van der Waals surface area contributed by atoms with Crippen LogP contribution in [-0.4, -0.2) is 38.4 Å². The molecule has 0 radical (unpaired) electrons. The van der Waals surface area contributed by atoms with Gasteiger partial charge in [0.1, 0.15) is 0 Å². The minimum Gasteiger partial charge on any atom is -0.481 e. The molecule has 1 aliphatic heterocycles. The van der Waals surface area contributed by atoms with Crippen molar-refractivity contribution in [1.29, 1.82) is 0 Å². The molecular formula is C14H19NO3. The molecule has 0 spiro atoms. The van der Waals surface area contributed by atoms with Crippen molar-refractivity contribution in [2.45, 2.75) is 18.3 Å². The van der Waals surface area contributed by atoms with Crippen molar-refractivity contribution in [3.8, 4) is 0 Å². The standard InChI is InChI=1S/C14H19NO3/c1-15(2)12-5-3-11(4-6-12)14(13(16)17)7-9-18-10-8-14/h3-6H,7-10H2,1-2H3,(H,16,17). The van der Waals surface area contributed by atoms with Gasteiger partial charge in [0.05, 0.1) is 5.41 Å². The lowest BCUT2D eigenvalue weighted by Gasteiger charge is -2.33. The number of rotatable bonds is 3. The topological polar surface area (TPSA) is 49.8 Å². The smallest absolute Gasteiger partial charge is 0.314 e. The number of carboxylic acids is 1. The normalized spacial score (nSPS) is 18.3. The van der Waals surface area contributed by atoms with Gasteiger partial charge in [0.15, 0.2) is 0 Å². The van der Waals surface area contributed by atoms with Gasteiger partial charge in [0, 0.05) is 33.0 Å². The first kappa shape index (κ1) is 12.9. The lowest BCUT2D eigenvalue weighted by molar-refractivity contribution is -0.147. The molecule has 1 aromatic rings. The minimum absolute atomic E-state index is 0.516. The molecule has 98 valence electrons. The molecule has 4 nitrogen and oxygen atoms in total. The van der Waals surface area contributed by atoms with Crippen LogP contribution >= 0.6 is 0 Å². The SMILES string of the molecule is CN(C)c1ccc(C2(C(=O)O)CCOCC2)cc1. The van der Waals surface area contributed by atoms with Gasteiger partial charge in [-0.2, -0.15) is 0 Å². The Bertz CT molecular complexity index is 419. The Morgan fingerprint density at radius 2 is 1.78 bits per heavy atom. The van der Waals surface area contributed by atoms with Crippen molar-refractivity contribution in [1.82, 2.24) is 0 Å². The van der Waals surface area contributed by atoms with Gasteiger partial charge in [0.2, 0.25) is 0 Å². The first-order valence-electron chi connectivity index (χ1n) is 6.15. The molecule has 1 saturated heterocycles. The molecule has 2 rings (SSSR count). The van der Waals surface area contributed by atoms with Gasteiger partial charge in [-0.3, -0.25) is 4.79 Å². The number of hydrogen-bond acceptors (Lipinski definition) is 3.